The first-order valence-electron chi connectivity index (χ1n) is 8.93. The quantitative estimate of drug-likeness (QED) is 0.355. The van der Waals surface area contributed by atoms with Crippen LogP contribution in [0, 0.1) is 0 Å². The van der Waals surface area contributed by atoms with Crippen molar-refractivity contribution in [2.75, 3.05) is 26.2 Å². The second kappa shape index (κ2) is 10.5. The highest BCUT2D eigenvalue weighted by molar-refractivity contribution is 5.72. The number of unbranched alkanes of at least 4 members (excludes halogenated alkanes) is 5. The Bertz CT molecular complexity index is 379. The fraction of sp³-hybridized carbons (Fsp3) is 0.778. The van der Waals surface area contributed by atoms with Gasteiger partial charge in [0.05, 0.1) is 25.8 Å². The second-order valence-corrected chi connectivity index (χ2v) is 6.30. The van der Waals surface area contributed by atoms with E-state index in [1.165, 1.54) is 32.1 Å². The van der Waals surface area contributed by atoms with Crippen molar-refractivity contribution in [1.29, 1.82) is 0 Å². The van der Waals surface area contributed by atoms with Gasteiger partial charge in [-0.1, -0.05) is 38.7 Å². The van der Waals surface area contributed by atoms with Crippen LogP contribution in [0.2, 0.25) is 0 Å². The Labute approximate surface area is 136 Å². The van der Waals surface area contributed by atoms with Gasteiger partial charge in [0, 0.05) is 6.92 Å². The molecule has 0 radical (unpaired) electrons. The molecule has 0 fully saturated rings. The van der Waals surface area contributed by atoms with Gasteiger partial charge in [0.1, 0.15) is 6.54 Å². The fourth-order valence-corrected chi connectivity index (χ4v) is 3.04. The number of carbonyl (C=O) groups excluding carboxylic acids is 1. The standard InChI is InChI=1S/C18H33N3O/c1-4-6-7-8-9-10-11-12-18-20-14-16-21(18,5-2)15-13-19-17(3)22/h11-12,14,18H,4-10,13,15-16H2,1-3H3/p+1/b12-11+. The molecule has 1 N–H and O–H groups in total. The number of rotatable bonds is 11. The summed E-state index contributed by atoms with van der Waals surface area (Å²) < 4.78 is 0.937. The van der Waals surface area contributed by atoms with E-state index in [0.29, 0.717) is 0 Å². The maximum atomic E-state index is 11.0. The average Bonchev–Trinajstić information content (AvgIpc) is 2.89. The number of quaternary nitrogens is 1. The van der Waals surface area contributed by atoms with Gasteiger partial charge in [0.2, 0.25) is 12.1 Å². The Kier molecular flexibility index (Phi) is 9.05. The van der Waals surface area contributed by atoms with Crippen LogP contribution in [-0.4, -0.2) is 48.9 Å². The Morgan fingerprint density at radius 2 is 2.09 bits per heavy atom. The van der Waals surface area contributed by atoms with Crippen LogP contribution in [0.5, 0.6) is 0 Å². The SMILES string of the molecule is CCCCCCC/C=C/C1N=CC[N+]1(CC)CCNC(C)=O. The first-order chi connectivity index (χ1) is 10.6. The lowest BCUT2D eigenvalue weighted by atomic mass is 10.1. The van der Waals surface area contributed by atoms with Gasteiger partial charge >= 0.3 is 0 Å². The minimum Gasteiger partial charge on any atom is -0.351 e. The molecule has 1 aliphatic rings. The number of amides is 1. The van der Waals surface area contributed by atoms with Gasteiger partial charge in [-0.15, -0.1) is 0 Å². The lowest BCUT2D eigenvalue weighted by Gasteiger charge is -2.36. The van der Waals surface area contributed by atoms with Gasteiger partial charge in [-0.2, -0.15) is 0 Å². The van der Waals surface area contributed by atoms with Crippen molar-refractivity contribution in [3.8, 4) is 0 Å². The summed E-state index contributed by atoms with van der Waals surface area (Å²) in [6.45, 7) is 9.74. The first kappa shape index (κ1) is 18.9. The smallest absolute Gasteiger partial charge is 0.217 e. The number of allylic oxidation sites excluding steroid dienone is 1. The summed E-state index contributed by atoms with van der Waals surface area (Å²) in [6.07, 6.45) is 14.7. The van der Waals surface area contributed by atoms with E-state index < -0.39 is 0 Å². The summed E-state index contributed by atoms with van der Waals surface area (Å²) in [6, 6.07) is 0. The Hall–Kier alpha value is -1.16. The highest BCUT2D eigenvalue weighted by atomic mass is 16.1. The molecule has 0 saturated heterocycles. The number of nitrogens with one attached hydrogen (secondary N) is 1. The topological polar surface area (TPSA) is 41.5 Å². The van der Waals surface area contributed by atoms with Crippen LogP contribution in [0.25, 0.3) is 0 Å². The van der Waals surface area contributed by atoms with E-state index in [9.17, 15) is 4.79 Å². The molecule has 0 aromatic heterocycles. The summed E-state index contributed by atoms with van der Waals surface area (Å²) in [5, 5.41) is 2.91. The van der Waals surface area contributed by atoms with Crippen LogP contribution >= 0.6 is 0 Å². The number of carbonyl (C=O) groups is 1. The predicted octanol–water partition coefficient (Wildman–Crippen LogP) is 3.29. The van der Waals surface area contributed by atoms with E-state index in [-0.39, 0.29) is 12.1 Å². The van der Waals surface area contributed by atoms with Crippen molar-refractivity contribution in [3.05, 3.63) is 12.2 Å². The van der Waals surface area contributed by atoms with E-state index in [1.807, 2.05) is 6.21 Å². The van der Waals surface area contributed by atoms with Crippen molar-refractivity contribution in [2.24, 2.45) is 4.99 Å². The fourth-order valence-electron chi connectivity index (χ4n) is 3.04. The first-order valence-corrected chi connectivity index (χ1v) is 8.93. The van der Waals surface area contributed by atoms with Crippen LogP contribution in [-0.2, 0) is 4.79 Å². The van der Waals surface area contributed by atoms with Gasteiger partial charge < -0.3 is 5.32 Å². The second-order valence-electron chi connectivity index (χ2n) is 6.30. The molecule has 4 heteroatoms. The van der Waals surface area contributed by atoms with E-state index in [2.05, 4.69) is 36.3 Å². The third kappa shape index (κ3) is 6.30. The summed E-state index contributed by atoms with van der Waals surface area (Å²) in [5.41, 5.74) is 0. The van der Waals surface area contributed by atoms with Crippen molar-refractivity contribution in [2.45, 2.75) is 65.5 Å². The molecule has 2 unspecified atom stereocenters. The zero-order valence-corrected chi connectivity index (χ0v) is 14.7. The van der Waals surface area contributed by atoms with Crippen molar-refractivity contribution in [1.82, 2.24) is 5.32 Å². The summed E-state index contributed by atoms with van der Waals surface area (Å²) in [4.78, 5) is 15.7. The Balaban J connectivity index is 2.38. The molecule has 0 spiro atoms. The molecular weight excluding hydrogens is 274 g/mol. The largest absolute Gasteiger partial charge is 0.351 e. The molecule has 0 bridgehead atoms. The van der Waals surface area contributed by atoms with Crippen molar-refractivity contribution in [3.63, 3.8) is 0 Å². The van der Waals surface area contributed by atoms with Crippen molar-refractivity contribution < 1.29 is 9.28 Å². The number of aliphatic imine (C=N–C) groups is 1. The molecule has 2 atom stereocenters. The molecule has 22 heavy (non-hydrogen) atoms. The Morgan fingerprint density at radius 3 is 2.77 bits per heavy atom. The zero-order chi connectivity index (χ0) is 16.3. The maximum Gasteiger partial charge on any atom is 0.217 e. The zero-order valence-electron chi connectivity index (χ0n) is 14.7. The molecule has 1 aliphatic heterocycles. The van der Waals surface area contributed by atoms with Gasteiger partial charge in [-0.25, -0.2) is 4.99 Å². The van der Waals surface area contributed by atoms with E-state index in [4.69, 9.17) is 0 Å². The number of nitrogens with zero attached hydrogens (tertiary/aromatic N) is 2. The highest BCUT2D eigenvalue weighted by Crippen LogP contribution is 2.20. The molecule has 4 nitrogen and oxygen atoms in total. The third-order valence-corrected chi connectivity index (χ3v) is 4.61. The van der Waals surface area contributed by atoms with Crippen LogP contribution in [0.3, 0.4) is 0 Å². The molecule has 1 rings (SSSR count). The van der Waals surface area contributed by atoms with Crippen molar-refractivity contribution >= 4 is 12.1 Å². The van der Waals surface area contributed by atoms with Crippen LogP contribution in [0.4, 0.5) is 0 Å². The van der Waals surface area contributed by atoms with Crippen LogP contribution in [0.15, 0.2) is 17.1 Å². The van der Waals surface area contributed by atoms with Crippen LogP contribution in [0.1, 0.15) is 59.3 Å². The summed E-state index contributed by atoms with van der Waals surface area (Å²) >= 11 is 0. The lowest BCUT2D eigenvalue weighted by molar-refractivity contribution is -0.928. The van der Waals surface area contributed by atoms with Gasteiger partial charge in [-0.05, 0) is 25.8 Å². The number of hydrogen-bond acceptors (Lipinski definition) is 2. The maximum absolute atomic E-state index is 11.0. The molecule has 1 amide bonds. The lowest BCUT2D eigenvalue weighted by Crippen LogP contribution is -2.54. The molecule has 0 saturated carbocycles. The summed E-state index contributed by atoms with van der Waals surface area (Å²) in [5.74, 6) is 0.0496. The molecule has 0 aromatic rings. The number of hydrogen-bond donors (Lipinski definition) is 1. The van der Waals surface area contributed by atoms with Gasteiger partial charge in [-0.3, -0.25) is 9.28 Å². The van der Waals surface area contributed by atoms with Gasteiger partial charge in [0.25, 0.3) is 0 Å². The summed E-state index contributed by atoms with van der Waals surface area (Å²) in [7, 11) is 0. The predicted molar refractivity (Wildman–Crippen MR) is 94.0 cm³/mol. The monoisotopic (exact) mass is 308 g/mol. The molecular formula is C18H34N3O+. The number of likely N-dealkylation sites (N-methyl/N-ethyl adjacent to an activating group) is 1. The highest BCUT2D eigenvalue weighted by Gasteiger charge is 2.35. The third-order valence-electron chi connectivity index (χ3n) is 4.61. The minimum atomic E-state index is 0.0496. The molecule has 0 aromatic carbocycles. The average molecular weight is 308 g/mol. The van der Waals surface area contributed by atoms with Crippen LogP contribution < -0.4 is 5.32 Å². The van der Waals surface area contributed by atoms with E-state index in [0.717, 1.165) is 37.1 Å². The molecule has 1 heterocycles. The Morgan fingerprint density at radius 1 is 1.32 bits per heavy atom. The molecule has 126 valence electrons. The van der Waals surface area contributed by atoms with Gasteiger partial charge in [0.15, 0.2) is 0 Å². The minimum absolute atomic E-state index is 0.0496. The molecule has 0 aliphatic carbocycles. The van der Waals surface area contributed by atoms with E-state index >= 15 is 0 Å². The normalized spacial score (nSPS) is 24.2. The van der Waals surface area contributed by atoms with E-state index in [1.54, 1.807) is 6.92 Å².